The van der Waals surface area contributed by atoms with E-state index in [-0.39, 0.29) is 18.4 Å². The number of amides is 2. The van der Waals surface area contributed by atoms with Gasteiger partial charge in [0.2, 0.25) is 5.91 Å². The summed E-state index contributed by atoms with van der Waals surface area (Å²) in [5, 5.41) is 2.97. The Morgan fingerprint density at radius 3 is 2.48 bits per heavy atom. The molecule has 5 nitrogen and oxygen atoms in total. The number of carbonyl (C=O) groups excluding carboxylic acids is 2. The van der Waals surface area contributed by atoms with Crippen molar-refractivity contribution in [3.63, 3.8) is 0 Å². The van der Waals surface area contributed by atoms with Gasteiger partial charge in [-0.15, -0.1) is 0 Å². The molecule has 0 unspecified atom stereocenters. The van der Waals surface area contributed by atoms with Crippen LogP contribution in [0, 0.1) is 6.92 Å². The zero-order chi connectivity index (χ0) is 21.1. The van der Waals surface area contributed by atoms with Crippen molar-refractivity contribution in [1.29, 1.82) is 0 Å². The number of carbonyl (C=O) groups is 2. The topological polar surface area (TPSA) is 58.6 Å². The highest BCUT2D eigenvalue weighted by molar-refractivity contribution is 5.88. The average Bonchev–Trinajstić information content (AvgIpc) is 2.73. The van der Waals surface area contributed by atoms with Crippen LogP contribution in [0.15, 0.2) is 54.6 Å². The molecule has 2 aromatic rings. The van der Waals surface area contributed by atoms with Gasteiger partial charge in [-0.2, -0.15) is 0 Å². The number of hydrogen-bond donors (Lipinski definition) is 1. The largest absolute Gasteiger partial charge is 0.484 e. The van der Waals surface area contributed by atoms with E-state index in [9.17, 15) is 9.59 Å². The van der Waals surface area contributed by atoms with Crippen LogP contribution in [-0.2, 0) is 16.1 Å². The maximum Gasteiger partial charge on any atom is 0.261 e. The fourth-order valence-electron chi connectivity index (χ4n) is 3.18. The van der Waals surface area contributed by atoms with Crippen LogP contribution >= 0.6 is 0 Å². The van der Waals surface area contributed by atoms with E-state index in [0.29, 0.717) is 25.3 Å². The van der Waals surface area contributed by atoms with Gasteiger partial charge in [-0.25, -0.2) is 0 Å². The smallest absolute Gasteiger partial charge is 0.261 e. The maximum absolute atomic E-state index is 13.1. The molecule has 0 heterocycles. The van der Waals surface area contributed by atoms with Crippen molar-refractivity contribution in [2.45, 2.75) is 52.6 Å². The first kappa shape index (κ1) is 22.5. The van der Waals surface area contributed by atoms with Gasteiger partial charge in [0.05, 0.1) is 0 Å². The summed E-state index contributed by atoms with van der Waals surface area (Å²) in [7, 11) is 0. The molecule has 0 fully saturated rings. The first-order chi connectivity index (χ1) is 14.0. The summed E-state index contributed by atoms with van der Waals surface area (Å²) in [6.07, 6.45) is 2.47. The second-order valence-corrected chi connectivity index (χ2v) is 7.18. The Bertz CT molecular complexity index is 777. The molecule has 0 saturated carbocycles. The van der Waals surface area contributed by atoms with Crippen LogP contribution in [0.4, 0.5) is 0 Å². The summed E-state index contributed by atoms with van der Waals surface area (Å²) in [6, 6.07) is 16.7. The summed E-state index contributed by atoms with van der Waals surface area (Å²) < 4.78 is 5.66. The Hall–Kier alpha value is -2.82. The van der Waals surface area contributed by atoms with Crippen LogP contribution in [0.1, 0.15) is 44.2 Å². The van der Waals surface area contributed by atoms with Gasteiger partial charge in [0.1, 0.15) is 11.8 Å². The molecule has 0 spiro atoms. The zero-order valence-electron chi connectivity index (χ0n) is 17.7. The van der Waals surface area contributed by atoms with Crippen LogP contribution in [0.25, 0.3) is 0 Å². The quantitative estimate of drug-likeness (QED) is 0.582. The fraction of sp³-hybridized carbons (Fsp3) is 0.417. The number of ether oxygens (including phenoxy) is 1. The molecule has 2 aromatic carbocycles. The molecule has 0 saturated heterocycles. The van der Waals surface area contributed by atoms with E-state index in [1.165, 1.54) is 0 Å². The van der Waals surface area contributed by atoms with Crippen molar-refractivity contribution in [2.24, 2.45) is 0 Å². The monoisotopic (exact) mass is 396 g/mol. The molecule has 156 valence electrons. The third-order valence-corrected chi connectivity index (χ3v) is 4.76. The summed E-state index contributed by atoms with van der Waals surface area (Å²) in [5.41, 5.74) is 2.12. The molecule has 29 heavy (non-hydrogen) atoms. The molecule has 0 radical (unpaired) electrons. The molecule has 2 rings (SSSR count). The average molecular weight is 397 g/mol. The van der Waals surface area contributed by atoms with Crippen molar-refractivity contribution in [2.75, 3.05) is 13.2 Å². The highest BCUT2D eigenvalue weighted by Crippen LogP contribution is 2.15. The normalized spacial score (nSPS) is 11.6. The van der Waals surface area contributed by atoms with Crippen molar-refractivity contribution in [3.05, 3.63) is 65.7 Å². The SMILES string of the molecule is CCCCNC(=O)[C@@H](CC)N(Cc1cccc(C)c1)C(=O)COc1ccccc1. The van der Waals surface area contributed by atoms with Crippen LogP contribution in [0.2, 0.25) is 0 Å². The molecular formula is C24H32N2O3. The van der Waals surface area contributed by atoms with E-state index in [1.807, 2.05) is 68.4 Å². The molecule has 0 aliphatic heterocycles. The first-order valence-corrected chi connectivity index (χ1v) is 10.4. The summed E-state index contributed by atoms with van der Waals surface area (Å²) in [6.45, 7) is 6.92. The van der Waals surface area contributed by atoms with Crippen molar-refractivity contribution in [3.8, 4) is 5.75 Å². The Labute approximate surface area is 174 Å². The van der Waals surface area contributed by atoms with E-state index < -0.39 is 6.04 Å². The lowest BCUT2D eigenvalue weighted by molar-refractivity contribution is -0.143. The third kappa shape index (κ3) is 7.26. The Kier molecular flexibility index (Phi) is 9.22. The van der Waals surface area contributed by atoms with E-state index in [4.69, 9.17) is 4.74 Å². The highest BCUT2D eigenvalue weighted by Gasteiger charge is 2.28. The number of hydrogen-bond acceptors (Lipinski definition) is 3. The van der Waals surface area contributed by atoms with Crippen molar-refractivity contribution in [1.82, 2.24) is 10.2 Å². The molecular weight excluding hydrogens is 364 g/mol. The standard InChI is InChI=1S/C24H32N2O3/c1-4-6-15-25-24(28)22(5-2)26(17-20-12-10-11-19(3)16-20)23(27)18-29-21-13-8-7-9-14-21/h7-14,16,22H,4-6,15,17-18H2,1-3H3,(H,25,28)/t22-/m1/s1. The molecule has 1 atom stereocenters. The predicted octanol–water partition coefficient (Wildman–Crippen LogP) is 4.10. The maximum atomic E-state index is 13.1. The molecule has 2 amide bonds. The van der Waals surface area contributed by atoms with Crippen molar-refractivity contribution >= 4 is 11.8 Å². The van der Waals surface area contributed by atoms with Gasteiger partial charge in [0.15, 0.2) is 6.61 Å². The van der Waals surface area contributed by atoms with Gasteiger partial charge >= 0.3 is 0 Å². The molecule has 0 aliphatic rings. The van der Waals surface area contributed by atoms with Crippen LogP contribution in [0.5, 0.6) is 5.75 Å². The minimum absolute atomic E-state index is 0.103. The zero-order valence-corrected chi connectivity index (χ0v) is 17.7. The van der Waals surface area contributed by atoms with Gasteiger partial charge in [-0.3, -0.25) is 9.59 Å². The number of unbranched alkanes of at least 4 members (excludes halogenated alkanes) is 1. The minimum atomic E-state index is -0.528. The summed E-state index contributed by atoms with van der Waals surface area (Å²) >= 11 is 0. The Morgan fingerprint density at radius 2 is 1.83 bits per heavy atom. The Morgan fingerprint density at radius 1 is 1.07 bits per heavy atom. The number of nitrogens with one attached hydrogen (secondary N) is 1. The lowest BCUT2D eigenvalue weighted by Crippen LogP contribution is -2.50. The summed E-state index contributed by atoms with van der Waals surface area (Å²) in [4.78, 5) is 27.5. The second kappa shape index (κ2) is 11.9. The van der Waals surface area contributed by atoms with Crippen molar-refractivity contribution < 1.29 is 14.3 Å². The number of benzene rings is 2. The molecule has 5 heteroatoms. The predicted molar refractivity (Wildman–Crippen MR) is 116 cm³/mol. The van der Waals surface area contributed by atoms with Gasteiger partial charge in [0, 0.05) is 13.1 Å². The number of aryl methyl sites for hydroxylation is 1. The lowest BCUT2D eigenvalue weighted by atomic mass is 10.1. The van der Waals surface area contributed by atoms with Gasteiger partial charge in [-0.1, -0.05) is 68.3 Å². The highest BCUT2D eigenvalue weighted by atomic mass is 16.5. The van der Waals surface area contributed by atoms with Gasteiger partial charge in [0.25, 0.3) is 5.91 Å². The number of nitrogens with zero attached hydrogens (tertiary/aromatic N) is 1. The van der Waals surface area contributed by atoms with E-state index >= 15 is 0 Å². The van der Waals surface area contributed by atoms with E-state index in [2.05, 4.69) is 12.2 Å². The van der Waals surface area contributed by atoms with Crippen LogP contribution < -0.4 is 10.1 Å². The van der Waals surface area contributed by atoms with E-state index in [1.54, 1.807) is 4.90 Å². The fourth-order valence-corrected chi connectivity index (χ4v) is 3.18. The molecule has 1 N–H and O–H groups in total. The molecule has 0 aromatic heterocycles. The van der Waals surface area contributed by atoms with Crippen LogP contribution in [0.3, 0.4) is 0 Å². The molecule has 0 aliphatic carbocycles. The van der Waals surface area contributed by atoms with Gasteiger partial charge < -0.3 is 15.0 Å². The number of rotatable bonds is 11. The first-order valence-electron chi connectivity index (χ1n) is 10.4. The van der Waals surface area contributed by atoms with E-state index in [0.717, 1.165) is 24.0 Å². The second-order valence-electron chi connectivity index (χ2n) is 7.18. The Balaban J connectivity index is 2.16. The number of para-hydroxylation sites is 1. The molecule has 0 bridgehead atoms. The minimum Gasteiger partial charge on any atom is -0.484 e. The van der Waals surface area contributed by atoms with Crippen LogP contribution in [-0.4, -0.2) is 35.9 Å². The lowest BCUT2D eigenvalue weighted by Gasteiger charge is -2.30. The summed E-state index contributed by atoms with van der Waals surface area (Å²) in [5.74, 6) is 0.325. The third-order valence-electron chi connectivity index (χ3n) is 4.76. The van der Waals surface area contributed by atoms with Gasteiger partial charge in [-0.05, 0) is 37.5 Å².